The summed E-state index contributed by atoms with van der Waals surface area (Å²) in [5, 5.41) is 19.9. The van der Waals surface area contributed by atoms with E-state index in [0.717, 1.165) is 53.4 Å². The third-order valence-corrected chi connectivity index (χ3v) is 15.7. The van der Waals surface area contributed by atoms with Gasteiger partial charge in [0.05, 0.1) is 79.1 Å². The van der Waals surface area contributed by atoms with Crippen molar-refractivity contribution in [2.45, 2.75) is 90.6 Å². The van der Waals surface area contributed by atoms with Crippen LogP contribution < -0.4 is 24.4 Å². The van der Waals surface area contributed by atoms with Gasteiger partial charge in [0, 0.05) is 96.4 Å². The van der Waals surface area contributed by atoms with Crippen molar-refractivity contribution in [2.24, 2.45) is 0 Å². The number of carbonyl (C=O) groups excluding carboxylic acids is 2. The Kier molecular flexibility index (Phi) is 19.0. The molecular weight excluding hydrogens is 1120 g/mol. The Balaban J connectivity index is 0.000000161. The number of nitriles is 2. The summed E-state index contributed by atoms with van der Waals surface area (Å²) in [6.45, 7) is 14.6. The molecule has 3 aliphatic heterocycles. The standard InChI is InChI=1S/C29H28N4O5.C18H24BNO4.C17H16ClN3O3/c1-17-15-31-22-13-25(27-24(35-4)12-20(16-32-27)29(34)33(2)3)38-28(22)26(17)18-5-6-23(19(11-18)14-30)37-21-7-9-36-10-8-21;1-17(2)18(3,4)24-19(23-17)14-5-6-16(13(11-14)12-20)22-15-7-9-21-10-8-15;1-9-7-19-11-6-13(24-16(11)14(9)18)15-12(23-4)5-10(8-20-15)17(22)21(2)3/h5-6,11-13,15-16,21H,7-10H2,1-4H3;5-6,11,15H,7-10H2,1-4H3;5-8H,1-4H3. The predicted molar refractivity (Wildman–Crippen MR) is 324 cm³/mol. The first-order valence-electron chi connectivity index (χ1n) is 28.0. The molecule has 86 heavy (non-hydrogen) atoms. The summed E-state index contributed by atoms with van der Waals surface area (Å²) in [5.74, 6) is 2.63. The fourth-order valence-corrected chi connectivity index (χ4v) is 9.89. The molecule has 446 valence electrons. The van der Waals surface area contributed by atoms with Crippen LogP contribution in [0.3, 0.4) is 0 Å². The van der Waals surface area contributed by atoms with Gasteiger partial charge in [0.2, 0.25) is 0 Å². The molecule has 2 aromatic carbocycles. The minimum absolute atomic E-state index is 0.0330. The molecule has 0 unspecified atom stereocenters. The van der Waals surface area contributed by atoms with E-state index in [-0.39, 0.29) is 24.0 Å². The van der Waals surface area contributed by atoms with Crippen LogP contribution >= 0.6 is 11.6 Å². The van der Waals surface area contributed by atoms with Crippen molar-refractivity contribution in [1.29, 1.82) is 10.5 Å². The van der Waals surface area contributed by atoms with Gasteiger partial charge in [0.1, 0.15) is 69.8 Å². The largest absolute Gasteiger partial charge is 0.494 e. The number of pyridine rings is 4. The van der Waals surface area contributed by atoms with E-state index >= 15 is 0 Å². The summed E-state index contributed by atoms with van der Waals surface area (Å²) < 4.78 is 58.0. The lowest BCUT2D eigenvalue weighted by Gasteiger charge is -2.32. The Bertz CT molecular complexity index is 3880. The van der Waals surface area contributed by atoms with E-state index in [4.69, 9.17) is 58.2 Å². The number of ether oxygens (including phenoxy) is 6. The highest BCUT2D eigenvalue weighted by atomic mass is 35.5. The first-order valence-corrected chi connectivity index (χ1v) is 28.4. The molecule has 6 aromatic heterocycles. The molecule has 8 aromatic rings. The Labute approximate surface area is 504 Å². The summed E-state index contributed by atoms with van der Waals surface area (Å²) in [5.41, 5.74) is 8.51. The Morgan fingerprint density at radius 1 is 0.605 bits per heavy atom. The Hall–Kier alpha value is -8.57. The molecule has 20 nitrogen and oxygen atoms in total. The second-order valence-electron chi connectivity index (χ2n) is 22.3. The second kappa shape index (κ2) is 26.4. The number of fused-ring (bicyclic) bond motifs is 2. The first kappa shape index (κ1) is 62.0. The lowest BCUT2D eigenvalue weighted by molar-refractivity contribution is 0.00578. The minimum Gasteiger partial charge on any atom is -0.494 e. The highest BCUT2D eigenvalue weighted by Gasteiger charge is 2.52. The van der Waals surface area contributed by atoms with Gasteiger partial charge in [-0.05, 0) is 100 Å². The molecule has 0 radical (unpaired) electrons. The van der Waals surface area contributed by atoms with Crippen LogP contribution in [0, 0.1) is 36.5 Å². The third-order valence-electron chi connectivity index (χ3n) is 15.3. The predicted octanol–water partition coefficient (Wildman–Crippen LogP) is 11.0. The number of rotatable bonds is 12. The lowest BCUT2D eigenvalue weighted by Crippen LogP contribution is -2.41. The van der Waals surface area contributed by atoms with Crippen LogP contribution in [0.1, 0.15) is 96.3 Å². The molecule has 2 amide bonds. The monoisotopic (exact) mass is 1190 g/mol. The molecule has 11 rings (SSSR count). The number of aromatic nitrogens is 4. The summed E-state index contributed by atoms with van der Waals surface area (Å²) in [6.07, 6.45) is 9.90. The molecule has 0 spiro atoms. The van der Waals surface area contributed by atoms with Gasteiger partial charge in [-0.25, -0.2) is 9.97 Å². The van der Waals surface area contributed by atoms with E-state index < -0.39 is 18.3 Å². The van der Waals surface area contributed by atoms with Gasteiger partial charge in [0.15, 0.2) is 22.7 Å². The van der Waals surface area contributed by atoms with E-state index in [0.29, 0.717) is 122 Å². The van der Waals surface area contributed by atoms with E-state index in [1.54, 1.807) is 70.9 Å². The zero-order valence-corrected chi connectivity index (χ0v) is 51.1. The molecule has 22 heteroatoms. The number of methoxy groups -OCH3 is 2. The molecule has 9 heterocycles. The van der Waals surface area contributed by atoms with E-state index in [1.165, 1.54) is 36.4 Å². The third kappa shape index (κ3) is 13.4. The van der Waals surface area contributed by atoms with Crippen molar-refractivity contribution in [3.05, 3.63) is 124 Å². The summed E-state index contributed by atoms with van der Waals surface area (Å²) in [7, 11) is 9.28. The number of halogens is 1. The first-order chi connectivity index (χ1) is 41.1. The van der Waals surface area contributed by atoms with E-state index in [1.807, 2.05) is 71.9 Å². The Morgan fingerprint density at radius 2 is 1.06 bits per heavy atom. The average Bonchev–Trinajstić information content (AvgIpc) is 1.85. The van der Waals surface area contributed by atoms with Crippen LogP contribution in [-0.2, 0) is 18.8 Å². The minimum atomic E-state index is -0.473. The van der Waals surface area contributed by atoms with Gasteiger partial charge in [-0.15, -0.1) is 0 Å². The smallest absolute Gasteiger partial charge is 0.494 e. The van der Waals surface area contributed by atoms with Gasteiger partial charge in [0.25, 0.3) is 11.8 Å². The number of benzene rings is 2. The van der Waals surface area contributed by atoms with Gasteiger partial charge in [-0.1, -0.05) is 23.7 Å². The number of hydrogen-bond acceptors (Lipinski definition) is 18. The molecule has 0 saturated carbocycles. The molecular formula is C64H68BClN8O12. The summed E-state index contributed by atoms with van der Waals surface area (Å²) in [6, 6.07) is 22.5. The van der Waals surface area contributed by atoms with Crippen molar-refractivity contribution in [1.82, 2.24) is 29.7 Å². The Morgan fingerprint density at radius 3 is 1.53 bits per heavy atom. The van der Waals surface area contributed by atoms with Crippen LogP contribution in [-0.4, -0.2) is 141 Å². The highest BCUT2D eigenvalue weighted by Crippen LogP contribution is 2.41. The number of nitrogens with zero attached hydrogens (tertiary/aromatic N) is 8. The quantitative estimate of drug-likeness (QED) is 0.103. The van der Waals surface area contributed by atoms with Crippen LogP contribution in [0.25, 0.3) is 56.2 Å². The molecule has 3 fully saturated rings. The number of amides is 2. The zero-order valence-electron chi connectivity index (χ0n) is 50.3. The molecule has 0 atom stereocenters. The second-order valence-corrected chi connectivity index (χ2v) is 22.7. The van der Waals surface area contributed by atoms with Crippen molar-refractivity contribution in [2.75, 3.05) is 68.8 Å². The van der Waals surface area contributed by atoms with Crippen LogP contribution in [0.4, 0.5) is 0 Å². The molecule has 0 bridgehead atoms. The SMILES string of the molecule is CC1(C)OB(c2ccc(OC3CCOCC3)c(C#N)c2)OC1(C)C.COc1cc(C(=O)N(C)C)cnc1-c1cc2ncc(C)c(-c3ccc(OC4CCOCC4)c(C#N)c3)c2o1.COc1cc(C(=O)N(C)C)cnc1-c1cc2ncc(C)c(Cl)c2o1. The van der Waals surface area contributed by atoms with Gasteiger partial charge in [-0.2, -0.15) is 10.5 Å². The van der Waals surface area contributed by atoms with Crippen LogP contribution in [0.2, 0.25) is 5.02 Å². The maximum atomic E-state index is 12.4. The fraction of sp³-hybridized carbons (Fsp3) is 0.375. The van der Waals surface area contributed by atoms with Crippen LogP contribution in [0.15, 0.2) is 94.3 Å². The van der Waals surface area contributed by atoms with E-state index in [9.17, 15) is 20.1 Å². The van der Waals surface area contributed by atoms with Crippen LogP contribution in [0.5, 0.6) is 23.0 Å². The van der Waals surface area contributed by atoms with Crippen molar-refractivity contribution in [3.8, 4) is 69.2 Å². The van der Waals surface area contributed by atoms with Crippen molar-refractivity contribution >= 4 is 58.2 Å². The number of furan rings is 2. The van der Waals surface area contributed by atoms with Gasteiger partial charge < -0.3 is 56.4 Å². The zero-order chi connectivity index (χ0) is 61.6. The molecule has 0 aliphatic carbocycles. The highest BCUT2D eigenvalue weighted by molar-refractivity contribution is 6.62. The lowest BCUT2D eigenvalue weighted by atomic mass is 9.78. The number of carbonyl (C=O) groups is 2. The maximum absolute atomic E-state index is 12.4. The molecule has 0 N–H and O–H groups in total. The summed E-state index contributed by atoms with van der Waals surface area (Å²) >= 11 is 6.27. The number of aryl methyl sites for hydroxylation is 2. The van der Waals surface area contributed by atoms with E-state index in [2.05, 4.69) is 32.1 Å². The number of hydrogen-bond donors (Lipinski definition) is 0. The van der Waals surface area contributed by atoms with Crippen molar-refractivity contribution < 1.29 is 56.2 Å². The van der Waals surface area contributed by atoms with Gasteiger partial charge >= 0.3 is 7.12 Å². The summed E-state index contributed by atoms with van der Waals surface area (Å²) in [4.78, 5) is 45.1. The fourth-order valence-electron chi connectivity index (χ4n) is 9.70. The molecule has 3 aliphatic rings. The van der Waals surface area contributed by atoms with Crippen molar-refractivity contribution in [3.63, 3.8) is 0 Å². The molecule has 3 saturated heterocycles. The normalized spacial score (nSPS) is 15.5. The average molecular weight is 1190 g/mol. The van der Waals surface area contributed by atoms with Gasteiger partial charge in [-0.3, -0.25) is 19.6 Å². The maximum Gasteiger partial charge on any atom is 0.494 e. The topological polar surface area (TPSA) is 240 Å².